The molecule has 1 aromatic rings. The zero-order valence-corrected chi connectivity index (χ0v) is 10.3. The van der Waals surface area contributed by atoms with E-state index in [1.165, 1.54) is 23.1 Å². The lowest BCUT2D eigenvalue weighted by atomic mass is 10.3. The molecule has 0 unspecified atom stereocenters. The average molecular weight is 291 g/mol. The van der Waals surface area contributed by atoms with E-state index in [-0.39, 0.29) is 13.2 Å². The van der Waals surface area contributed by atoms with Crippen molar-refractivity contribution in [3.8, 4) is 0 Å². The van der Waals surface area contributed by atoms with Gasteiger partial charge < -0.3 is 15.3 Å². The van der Waals surface area contributed by atoms with E-state index in [1.54, 1.807) is 7.05 Å². The van der Waals surface area contributed by atoms with Crippen molar-refractivity contribution >= 4 is 27.6 Å². The predicted octanol–water partition coefficient (Wildman–Crippen LogP) is 2.04. The molecule has 0 spiro atoms. The smallest absolute Gasteiger partial charge is 0.321 e. The van der Waals surface area contributed by atoms with Gasteiger partial charge in [-0.05, 0) is 34.1 Å². The number of likely N-dealkylation sites (N-methyl/N-ethyl adjacent to an activating group) is 1. The maximum Gasteiger partial charge on any atom is 0.321 e. The fraction of sp³-hybridized carbons (Fsp3) is 0.300. The molecule has 0 aliphatic heterocycles. The Morgan fingerprint density at radius 3 is 2.94 bits per heavy atom. The van der Waals surface area contributed by atoms with Crippen LogP contribution in [-0.2, 0) is 0 Å². The van der Waals surface area contributed by atoms with Crippen molar-refractivity contribution in [3.05, 3.63) is 28.5 Å². The Balaban J connectivity index is 2.72. The van der Waals surface area contributed by atoms with E-state index in [0.717, 1.165) is 0 Å². The molecule has 0 saturated heterocycles. The van der Waals surface area contributed by atoms with Gasteiger partial charge in [0.15, 0.2) is 0 Å². The third kappa shape index (κ3) is 3.46. The minimum atomic E-state index is -0.427. The lowest BCUT2D eigenvalue weighted by Crippen LogP contribution is -2.33. The second kappa shape index (κ2) is 5.81. The summed E-state index contributed by atoms with van der Waals surface area (Å²) in [6, 6.07) is 3.61. The lowest BCUT2D eigenvalue weighted by Gasteiger charge is -2.17. The zero-order chi connectivity index (χ0) is 12.1. The van der Waals surface area contributed by atoms with Crippen molar-refractivity contribution < 1.29 is 14.3 Å². The van der Waals surface area contributed by atoms with Crippen LogP contribution in [0.15, 0.2) is 22.7 Å². The van der Waals surface area contributed by atoms with E-state index in [4.69, 9.17) is 5.11 Å². The van der Waals surface area contributed by atoms with Crippen LogP contribution in [0.3, 0.4) is 0 Å². The Bertz CT molecular complexity index is 387. The predicted molar refractivity (Wildman–Crippen MR) is 62.8 cm³/mol. The molecular formula is C10H12BrFN2O2. The fourth-order valence-electron chi connectivity index (χ4n) is 1.06. The molecule has 0 saturated carbocycles. The number of anilines is 1. The van der Waals surface area contributed by atoms with Crippen molar-refractivity contribution in [2.45, 2.75) is 0 Å². The monoisotopic (exact) mass is 290 g/mol. The van der Waals surface area contributed by atoms with Gasteiger partial charge in [0.05, 0.1) is 12.3 Å². The Morgan fingerprint density at radius 1 is 1.62 bits per heavy atom. The number of carbonyl (C=O) groups excluding carboxylic acids is 1. The molecule has 1 aromatic carbocycles. The molecule has 0 fully saturated rings. The number of urea groups is 1. The highest BCUT2D eigenvalue weighted by Gasteiger charge is 2.10. The van der Waals surface area contributed by atoms with Crippen molar-refractivity contribution in [1.29, 1.82) is 0 Å². The van der Waals surface area contributed by atoms with E-state index in [0.29, 0.717) is 10.2 Å². The van der Waals surface area contributed by atoms with Gasteiger partial charge in [0.2, 0.25) is 0 Å². The fourth-order valence-corrected chi connectivity index (χ4v) is 1.40. The van der Waals surface area contributed by atoms with Gasteiger partial charge in [0.1, 0.15) is 5.82 Å². The summed E-state index contributed by atoms with van der Waals surface area (Å²) in [5, 5.41) is 11.2. The summed E-state index contributed by atoms with van der Waals surface area (Å²) in [6.45, 7) is 0.104. The quantitative estimate of drug-likeness (QED) is 0.895. The molecule has 88 valence electrons. The summed E-state index contributed by atoms with van der Waals surface area (Å²) in [4.78, 5) is 12.8. The molecule has 4 nitrogen and oxygen atoms in total. The van der Waals surface area contributed by atoms with Gasteiger partial charge in [0, 0.05) is 18.1 Å². The standard InChI is InChI=1S/C10H12BrFN2O2/c1-14(4-5-15)10(16)13-9-6-7(12)2-3-8(9)11/h2-3,6,15H,4-5H2,1H3,(H,13,16). The minimum Gasteiger partial charge on any atom is -0.395 e. The second-order valence-electron chi connectivity index (χ2n) is 3.20. The van der Waals surface area contributed by atoms with E-state index < -0.39 is 11.8 Å². The number of aliphatic hydroxyl groups excluding tert-OH is 1. The summed E-state index contributed by atoms with van der Waals surface area (Å²) < 4.78 is 13.5. The number of amides is 2. The first kappa shape index (κ1) is 12.9. The Kier molecular flexibility index (Phi) is 4.70. The van der Waals surface area contributed by atoms with Crippen LogP contribution in [0.2, 0.25) is 0 Å². The number of aliphatic hydroxyl groups is 1. The number of benzene rings is 1. The summed E-state index contributed by atoms with van der Waals surface area (Å²) in [5.74, 6) is -0.427. The van der Waals surface area contributed by atoms with Crippen LogP contribution in [0.5, 0.6) is 0 Å². The summed E-state index contributed by atoms with van der Waals surface area (Å²) >= 11 is 3.20. The summed E-state index contributed by atoms with van der Waals surface area (Å²) in [5.41, 5.74) is 0.356. The largest absolute Gasteiger partial charge is 0.395 e. The number of hydrogen-bond donors (Lipinski definition) is 2. The van der Waals surface area contributed by atoms with Gasteiger partial charge in [-0.1, -0.05) is 0 Å². The third-order valence-electron chi connectivity index (χ3n) is 1.95. The van der Waals surface area contributed by atoms with E-state index >= 15 is 0 Å². The van der Waals surface area contributed by atoms with Crippen molar-refractivity contribution in [2.75, 3.05) is 25.5 Å². The summed E-state index contributed by atoms with van der Waals surface area (Å²) in [6.07, 6.45) is 0. The number of halogens is 2. The molecule has 0 bridgehead atoms. The van der Waals surface area contributed by atoms with E-state index in [9.17, 15) is 9.18 Å². The van der Waals surface area contributed by atoms with Gasteiger partial charge >= 0.3 is 6.03 Å². The topological polar surface area (TPSA) is 52.6 Å². The number of rotatable bonds is 3. The normalized spacial score (nSPS) is 10.0. The molecule has 2 amide bonds. The maximum atomic E-state index is 12.9. The average Bonchev–Trinajstić information content (AvgIpc) is 2.23. The first-order valence-electron chi connectivity index (χ1n) is 4.62. The van der Waals surface area contributed by atoms with Crippen LogP contribution >= 0.6 is 15.9 Å². The third-order valence-corrected chi connectivity index (χ3v) is 2.64. The van der Waals surface area contributed by atoms with Gasteiger partial charge in [-0.15, -0.1) is 0 Å². The van der Waals surface area contributed by atoms with Gasteiger partial charge in [0.25, 0.3) is 0 Å². The van der Waals surface area contributed by atoms with Gasteiger partial charge in [-0.25, -0.2) is 9.18 Å². The minimum absolute atomic E-state index is 0.117. The van der Waals surface area contributed by atoms with Crippen LogP contribution in [0, 0.1) is 5.82 Å². The molecule has 0 aliphatic carbocycles. The van der Waals surface area contributed by atoms with Gasteiger partial charge in [-0.3, -0.25) is 0 Å². The molecule has 0 aromatic heterocycles. The highest BCUT2D eigenvalue weighted by molar-refractivity contribution is 9.10. The second-order valence-corrected chi connectivity index (χ2v) is 4.05. The Labute approximate surface area is 101 Å². The molecule has 16 heavy (non-hydrogen) atoms. The first-order valence-corrected chi connectivity index (χ1v) is 5.42. The van der Waals surface area contributed by atoms with E-state index in [1.807, 2.05) is 0 Å². The van der Waals surface area contributed by atoms with Crippen molar-refractivity contribution in [2.24, 2.45) is 0 Å². The van der Waals surface area contributed by atoms with E-state index in [2.05, 4.69) is 21.2 Å². The van der Waals surface area contributed by atoms with Crippen LogP contribution in [0.4, 0.5) is 14.9 Å². The number of carbonyl (C=O) groups is 1. The zero-order valence-electron chi connectivity index (χ0n) is 8.70. The number of nitrogens with one attached hydrogen (secondary N) is 1. The molecule has 1 rings (SSSR count). The number of nitrogens with zero attached hydrogens (tertiary/aromatic N) is 1. The highest BCUT2D eigenvalue weighted by atomic mass is 79.9. The molecule has 0 atom stereocenters. The molecule has 0 aliphatic rings. The van der Waals surface area contributed by atoms with Gasteiger partial charge in [-0.2, -0.15) is 0 Å². The highest BCUT2D eigenvalue weighted by Crippen LogP contribution is 2.23. The molecule has 0 heterocycles. The van der Waals surface area contributed by atoms with Crippen molar-refractivity contribution in [1.82, 2.24) is 4.90 Å². The Morgan fingerprint density at radius 2 is 2.31 bits per heavy atom. The van der Waals surface area contributed by atoms with Crippen LogP contribution < -0.4 is 5.32 Å². The first-order chi connectivity index (χ1) is 7.54. The summed E-state index contributed by atoms with van der Waals surface area (Å²) in [7, 11) is 1.54. The van der Waals surface area contributed by atoms with Crippen LogP contribution in [-0.4, -0.2) is 36.2 Å². The van der Waals surface area contributed by atoms with Crippen molar-refractivity contribution in [3.63, 3.8) is 0 Å². The molecular weight excluding hydrogens is 279 g/mol. The molecule has 6 heteroatoms. The molecule has 0 radical (unpaired) electrons. The maximum absolute atomic E-state index is 12.9. The lowest BCUT2D eigenvalue weighted by molar-refractivity contribution is 0.202. The van der Waals surface area contributed by atoms with Crippen LogP contribution in [0.25, 0.3) is 0 Å². The molecule has 2 N–H and O–H groups in total. The van der Waals surface area contributed by atoms with Crippen LogP contribution in [0.1, 0.15) is 0 Å². The Hall–Kier alpha value is -1.14. The number of hydrogen-bond acceptors (Lipinski definition) is 2. The SMILES string of the molecule is CN(CCO)C(=O)Nc1cc(F)ccc1Br.